The van der Waals surface area contributed by atoms with Crippen molar-refractivity contribution >= 4 is 29.8 Å². The summed E-state index contributed by atoms with van der Waals surface area (Å²) in [7, 11) is 0. The molecule has 0 unspecified atom stereocenters. The molecule has 9 atom stereocenters. The van der Waals surface area contributed by atoms with Crippen molar-refractivity contribution in [3.63, 3.8) is 0 Å². The Morgan fingerprint density at radius 3 is 1.69 bits per heavy atom. The lowest BCUT2D eigenvalue weighted by atomic mass is 9.98. The van der Waals surface area contributed by atoms with E-state index in [0.717, 1.165) is 20.8 Å². The first-order chi connectivity index (χ1) is 17.0. The van der Waals surface area contributed by atoms with Crippen LogP contribution < -0.4 is 0 Å². The van der Waals surface area contributed by atoms with Gasteiger partial charge < -0.3 is 42.6 Å². The van der Waals surface area contributed by atoms with E-state index in [1.807, 2.05) is 0 Å². The zero-order valence-electron chi connectivity index (χ0n) is 20.5. The molecule has 0 saturated carbocycles. The van der Waals surface area contributed by atoms with Gasteiger partial charge in [-0.05, 0) is 0 Å². The van der Waals surface area contributed by atoms with Gasteiger partial charge in [-0.15, -0.1) is 0 Å². The minimum Gasteiger partial charge on any atom is -0.463 e. The molecule has 0 N–H and O–H groups in total. The topological polar surface area (TPSA) is 168 Å². The van der Waals surface area contributed by atoms with Gasteiger partial charge in [-0.1, -0.05) is 0 Å². The molecule has 0 spiro atoms. The summed E-state index contributed by atoms with van der Waals surface area (Å²) in [6.07, 6.45) is -9.14. The normalized spacial score (nSPS) is 35.3. The molecule has 0 amide bonds. The number of rotatable bonds is 8. The third kappa shape index (κ3) is 6.90. The van der Waals surface area contributed by atoms with Gasteiger partial charge in [0.2, 0.25) is 0 Å². The van der Waals surface area contributed by atoms with Crippen molar-refractivity contribution in [2.24, 2.45) is 0 Å². The molecule has 3 aliphatic heterocycles. The molecular weight excluding hydrogens is 488 g/mol. The SMILES string of the molecule is CC(=O)OC[C@H]1O[C@@H](O[C@@H]2CO[C@H]3[C@@H]2OC[C@@H]3OC(C)=O)[C@H](OC(C)=O)[C@@H](OC(C)=O)[C@H]1OC(C)=O. The van der Waals surface area contributed by atoms with E-state index in [1.165, 1.54) is 13.8 Å². The minimum atomic E-state index is -1.37. The van der Waals surface area contributed by atoms with Gasteiger partial charge in [0.1, 0.15) is 31.0 Å². The van der Waals surface area contributed by atoms with Crippen molar-refractivity contribution in [3.8, 4) is 0 Å². The first kappa shape index (κ1) is 27.8. The van der Waals surface area contributed by atoms with Crippen molar-refractivity contribution in [1.82, 2.24) is 0 Å². The van der Waals surface area contributed by atoms with Crippen molar-refractivity contribution in [3.05, 3.63) is 0 Å². The lowest BCUT2D eigenvalue weighted by molar-refractivity contribution is -0.320. The molecule has 3 rings (SSSR count). The molecule has 3 aliphatic rings. The average Bonchev–Trinajstić information content (AvgIpc) is 3.33. The van der Waals surface area contributed by atoms with Gasteiger partial charge in [-0.25, -0.2) is 0 Å². The maximum absolute atomic E-state index is 11.9. The third-order valence-corrected chi connectivity index (χ3v) is 5.54. The molecule has 14 nitrogen and oxygen atoms in total. The lowest BCUT2D eigenvalue weighted by Gasteiger charge is -2.44. The number of carbonyl (C=O) groups is 5. The van der Waals surface area contributed by atoms with Gasteiger partial charge in [-0.2, -0.15) is 0 Å². The highest BCUT2D eigenvalue weighted by Crippen LogP contribution is 2.35. The summed E-state index contributed by atoms with van der Waals surface area (Å²) in [4.78, 5) is 58.5. The summed E-state index contributed by atoms with van der Waals surface area (Å²) in [6.45, 7) is 5.57. The van der Waals surface area contributed by atoms with E-state index in [4.69, 9.17) is 42.6 Å². The fraction of sp³-hybridized carbons (Fsp3) is 0.773. The quantitative estimate of drug-likeness (QED) is 0.289. The summed E-state index contributed by atoms with van der Waals surface area (Å²) in [6, 6.07) is 0. The number of hydrogen-bond donors (Lipinski definition) is 0. The van der Waals surface area contributed by atoms with Crippen molar-refractivity contribution in [1.29, 1.82) is 0 Å². The first-order valence-electron chi connectivity index (χ1n) is 11.3. The van der Waals surface area contributed by atoms with E-state index in [9.17, 15) is 24.0 Å². The fourth-order valence-corrected chi connectivity index (χ4v) is 4.33. The van der Waals surface area contributed by atoms with Crippen LogP contribution in [0.3, 0.4) is 0 Å². The highest BCUT2D eigenvalue weighted by Gasteiger charge is 2.56. The van der Waals surface area contributed by atoms with Gasteiger partial charge in [-0.3, -0.25) is 24.0 Å². The molecule has 0 aromatic carbocycles. The number of esters is 5. The number of hydrogen-bond acceptors (Lipinski definition) is 14. The van der Waals surface area contributed by atoms with Crippen molar-refractivity contribution in [2.45, 2.75) is 89.7 Å². The molecular formula is C22H30O14. The minimum absolute atomic E-state index is 0.0277. The van der Waals surface area contributed by atoms with Crippen molar-refractivity contribution < 1.29 is 66.6 Å². The lowest BCUT2D eigenvalue weighted by Crippen LogP contribution is -2.63. The van der Waals surface area contributed by atoms with Crippen LogP contribution in [0, 0.1) is 0 Å². The van der Waals surface area contributed by atoms with Crippen LogP contribution in [0.1, 0.15) is 34.6 Å². The van der Waals surface area contributed by atoms with Crippen LogP contribution in [0.4, 0.5) is 0 Å². The summed E-state index contributed by atoms with van der Waals surface area (Å²) in [5.74, 6) is -3.36. The van der Waals surface area contributed by atoms with Gasteiger partial charge in [0.05, 0.1) is 13.2 Å². The Kier molecular flexibility index (Phi) is 9.22. The molecule has 0 aromatic heterocycles. The number of fused-ring (bicyclic) bond motifs is 1. The monoisotopic (exact) mass is 518 g/mol. The molecule has 36 heavy (non-hydrogen) atoms. The first-order valence-corrected chi connectivity index (χ1v) is 11.3. The molecule has 202 valence electrons. The molecule has 0 radical (unpaired) electrons. The summed E-state index contributed by atoms with van der Waals surface area (Å²) >= 11 is 0. The van der Waals surface area contributed by atoms with Gasteiger partial charge in [0.25, 0.3) is 0 Å². The number of carbonyl (C=O) groups excluding carboxylic acids is 5. The molecule has 14 heteroatoms. The highest BCUT2D eigenvalue weighted by atomic mass is 16.8. The van der Waals surface area contributed by atoms with Crippen LogP contribution in [0.5, 0.6) is 0 Å². The van der Waals surface area contributed by atoms with Crippen molar-refractivity contribution in [2.75, 3.05) is 19.8 Å². The molecule has 3 heterocycles. The zero-order valence-corrected chi connectivity index (χ0v) is 20.5. The molecule has 3 fully saturated rings. The largest absolute Gasteiger partial charge is 0.463 e. The standard InChI is InChI=1S/C22H30O14/c1-9(23)28-6-16-19(32-11(3)25)20(33-12(4)26)21(34-13(5)27)22(36-16)35-15-8-30-17-14(31-10(2)24)7-29-18(15)17/h14-22H,6-8H2,1-5H3/t14-,15+,16+,17+,18+,19-,20-,21+,22+/m0/s1. The fourth-order valence-electron chi connectivity index (χ4n) is 4.33. The predicted molar refractivity (Wildman–Crippen MR) is 112 cm³/mol. The molecule has 0 aliphatic carbocycles. The Morgan fingerprint density at radius 1 is 0.639 bits per heavy atom. The van der Waals surface area contributed by atoms with E-state index in [-0.39, 0.29) is 19.8 Å². The van der Waals surface area contributed by atoms with Crippen LogP contribution >= 0.6 is 0 Å². The zero-order chi connectivity index (χ0) is 26.6. The Balaban J connectivity index is 1.86. The second-order valence-electron chi connectivity index (χ2n) is 8.49. The number of ether oxygens (including phenoxy) is 9. The van der Waals surface area contributed by atoms with E-state index in [0.29, 0.717) is 0 Å². The average molecular weight is 518 g/mol. The van der Waals surface area contributed by atoms with Crippen LogP contribution in [0.15, 0.2) is 0 Å². The Morgan fingerprint density at radius 2 is 1.14 bits per heavy atom. The van der Waals surface area contributed by atoms with Crippen LogP contribution in [0.2, 0.25) is 0 Å². The van der Waals surface area contributed by atoms with Gasteiger partial charge in [0, 0.05) is 34.6 Å². The molecule has 0 aromatic rings. The molecule has 3 saturated heterocycles. The third-order valence-electron chi connectivity index (χ3n) is 5.54. The smallest absolute Gasteiger partial charge is 0.303 e. The van der Waals surface area contributed by atoms with E-state index in [1.54, 1.807) is 0 Å². The molecule has 0 bridgehead atoms. The van der Waals surface area contributed by atoms with E-state index < -0.39 is 85.0 Å². The highest BCUT2D eigenvalue weighted by molar-refractivity contribution is 5.69. The second-order valence-corrected chi connectivity index (χ2v) is 8.49. The van der Waals surface area contributed by atoms with Crippen LogP contribution in [0.25, 0.3) is 0 Å². The van der Waals surface area contributed by atoms with E-state index in [2.05, 4.69) is 0 Å². The Bertz CT molecular complexity index is 858. The second kappa shape index (κ2) is 12.0. The Labute approximate surface area is 206 Å². The van der Waals surface area contributed by atoms with Gasteiger partial charge in [0.15, 0.2) is 30.7 Å². The maximum atomic E-state index is 11.9. The summed E-state index contributed by atoms with van der Waals surface area (Å²) in [5, 5.41) is 0. The van der Waals surface area contributed by atoms with E-state index >= 15 is 0 Å². The maximum Gasteiger partial charge on any atom is 0.303 e. The predicted octanol–water partition coefficient (Wildman–Crippen LogP) is -0.816. The summed E-state index contributed by atoms with van der Waals surface area (Å²) in [5.41, 5.74) is 0. The summed E-state index contributed by atoms with van der Waals surface area (Å²) < 4.78 is 49.8. The van der Waals surface area contributed by atoms with Gasteiger partial charge >= 0.3 is 29.8 Å². The Hall–Kier alpha value is -2.81. The van der Waals surface area contributed by atoms with Crippen LogP contribution in [-0.2, 0) is 66.6 Å². The van der Waals surface area contributed by atoms with Crippen LogP contribution in [-0.4, -0.2) is 105 Å².